The van der Waals surface area contributed by atoms with Crippen LogP contribution in [-0.2, 0) is 0 Å². The summed E-state index contributed by atoms with van der Waals surface area (Å²) in [5.74, 6) is 0. The summed E-state index contributed by atoms with van der Waals surface area (Å²) in [5.41, 5.74) is 2.55. The molecule has 1 N–H and O–H groups in total. The van der Waals surface area contributed by atoms with Crippen LogP contribution in [0.4, 0.5) is 0 Å². The Labute approximate surface area is 95.0 Å². The molecule has 0 atom stereocenters. The van der Waals surface area contributed by atoms with Crippen LogP contribution in [0.2, 0.25) is 0 Å². The monoisotopic (exact) mass is 220 g/mol. The molecule has 0 fully saturated rings. The number of halogens is 1. The Hall–Kier alpha value is -1.31. The van der Waals surface area contributed by atoms with Crippen molar-refractivity contribution in [3.05, 3.63) is 60.7 Å². The Kier molecular flexibility index (Phi) is 5.52. The zero-order chi connectivity index (χ0) is 10.9. The van der Waals surface area contributed by atoms with Gasteiger partial charge in [0, 0.05) is 0 Å². The molecule has 78 valence electrons. The van der Waals surface area contributed by atoms with Gasteiger partial charge in [-0.25, -0.2) is 0 Å². The van der Waals surface area contributed by atoms with Gasteiger partial charge in [-0.3, -0.25) is 0 Å². The van der Waals surface area contributed by atoms with Crippen molar-refractivity contribution in [2.75, 3.05) is 6.07 Å². The fourth-order valence-corrected chi connectivity index (χ4v) is 1.26. The third kappa shape index (κ3) is 4.15. The second-order valence-electron chi connectivity index (χ2n) is 2.85. The molecule has 0 saturated heterocycles. The summed E-state index contributed by atoms with van der Waals surface area (Å²) in [7, 11) is 0. The number of alkyl halides is 1. The predicted molar refractivity (Wildman–Crippen MR) is 64.8 cm³/mol. The molecule has 0 heterocycles. The molecule has 15 heavy (non-hydrogen) atoms. The molecular weight excluding hydrogens is 208 g/mol. The largest absolute Gasteiger partial charge is 0.381 e. The van der Waals surface area contributed by atoms with E-state index in [2.05, 4.69) is 60.1 Å². The average Bonchev–Trinajstić information content (AvgIpc) is 2.32. The molecule has 2 rings (SSSR count). The van der Waals surface area contributed by atoms with Crippen LogP contribution in [0.3, 0.4) is 0 Å². The maximum Gasteiger partial charge on any atom is 0.117 e. The predicted octanol–water partition coefficient (Wildman–Crippen LogP) is 3.53. The van der Waals surface area contributed by atoms with E-state index in [1.165, 1.54) is 11.1 Å². The fraction of sp³-hybridized carbons (Fsp3) is 0.0769. The average molecular weight is 221 g/mol. The third-order valence-corrected chi connectivity index (χ3v) is 1.88. The van der Waals surface area contributed by atoms with Crippen molar-refractivity contribution in [3.63, 3.8) is 0 Å². The van der Waals surface area contributed by atoms with Gasteiger partial charge in [0.15, 0.2) is 0 Å². The first-order valence-electron chi connectivity index (χ1n) is 4.65. The molecule has 0 unspecified atom stereocenters. The highest BCUT2D eigenvalue weighted by Crippen LogP contribution is 2.17. The smallest absolute Gasteiger partial charge is 0.117 e. The summed E-state index contributed by atoms with van der Waals surface area (Å²) in [6.07, 6.45) is 0. The van der Waals surface area contributed by atoms with Gasteiger partial charge < -0.3 is 5.11 Å². The van der Waals surface area contributed by atoms with Crippen LogP contribution >= 0.6 is 11.6 Å². The molecule has 0 aromatic heterocycles. The Morgan fingerprint density at radius 2 is 1.00 bits per heavy atom. The molecule has 2 heteroatoms. The molecule has 1 nitrogen and oxygen atoms in total. The lowest BCUT2D eigenvalue weighted by atomic mass is 10.1. The van der Waals surface area contributed by atoms with E-state index in [0.29, 0.717) is 0 Å². The van der Waals surface area contributed by atoms with Crippen molar-refractivity contribution in [3.8, 4) is 11.1 Å². The lowest BCUT2D eigenvalue weighted by Gasteiger charge is -1.98. The van der Waals surface area contributed by atoms with Crippen molar-refractivity contribution < 1.29 is 5.11 Å². The second-order valence-corrected chi connectivity index (χ2v) is 3.09. The topological polar surface area (TPSA) is 20.2 Å². The van der Waals surface area contributed by atoms with E-state index in [1.807, 2.05) is 12.1 Å². The van der Waals surface area contributed by atoms with Gasteiger partial charge in [-0.15, -0.1) is 0 Å². The SMILES string of the molecule is OCCl.c1ccc(-c2ccccc2)cc1. The van der Waals surface area contributed by atoms with Gasteiger partial charge in [0.2, 0.25) is 0 Å². The van der Waals surface area contributed by atoms with Crippen molar-refractivity contribution in [2.24, 2.45) is 0 Å². The highest BCUT2D eigenvalue weighted by atomic mass is 35.5. The molecule has 0 aliphatic rings. The van der Waals surface area contributed by atoms with E-state index in [0.717, 1.165) is 0 Å². The van der Waals surface area contributed by atoms with Crippen molar-refractivity contribution >= 4 is 11.6 Å². The summed E-state index contributed by atoms with van der Waals surface area (Å²) in [6.45, 7) is 0. The quantitative estimate of drug-likeness (QED) is 0.729. The number of rotatable bonds is 1. The van der Waals surface area contributed by atoms with Gasteiger partial charge in [0.1, 0.15) is 6.07 Å². The fourth-order valence-electron chi connectivity index (χ4n) is 1.26. The summed E-state index contributed by atoms with van der Waals surface area (Å²) in [4.78, 5) is 0. The maximum absolute atomic E-state index is 7.33. The molecule has 0 radical (unpaired) electrons. The molecule has 0 spiro atoms. The van der Waals surface area contributed by atoms with Crippen LogP contribution in [0.1, 0.15) is 0 Å². The van der Waals surface area contributed by atoms with Gasteiger partial charge in [0.05, 0.1) is 0 Å². The van der Waals surface area contributed by atoms with Crippen molar-refractivity contribution in [2.45, 2.75) is 0 Å². The normalized spacial score (nSPS) is 8.93. The number of aliphatic hydroxyl groups excluding tert-OH is 1. The Bertz CT molecular complexity index is 321. The Morgan fingerprint density at radius 3 is 1.27 bits per heavy atom. The number of hydrogen-bond donors (Lipinski definition) is 1. The summed E-state index contributed by atoms with van der Waals surface area (Å²) < 4.78 is 0. The minimum absolute atomic E-state index is 0.278. The molecule has 0 amide bonds. The second kappa shape index (κ2) is 7.04. The molecule has 0 aliphatic carbocycles. The third-order valence-electron chi connectivity index (χ3n) is 1.88. The minimum Gasteiger partial charge on any atom is -0.381 e. The van der Waals surface area contributed by atoms with Crippen LogP contribution in [0, 0.1) is 0 Å². The van der Waals surface area contributed by atoms with Crippen LogP contribution in [0.25, 0.3) is 11.1 Å². The highest BCUT2D eigenvalue weighted by molar-refractivity contribution is 6.16. The molecule has 0 bridgehead atoms. The van der Waals surface area contributed by atoms with Crippen LogP contribution in [0.15, 0.2) is 60.7 Å². The van der Waals surface area contributed by atoms with Crippen molar-refractivity contribution in [1.29, 1.82) is 0 Å². The molecule has 0 aliphatic heterocycles. The summed E-state index contributed by atoms with van der Waals surface area (Å²) >= 11 is 4.55. The van der Waals surface area contributed by atoms with Crippen LogP contribution in [0.5, 0.6) is 0 Å². The standard InChI is InChI=1S/C12H10.CH3ClO/c1-3-7-11(8-4-1)12-9-5-2-6-10-12;2-1-3/h1-10H;3H,1H2. The number of aliphatic hydroxyl groups is 1. The first-order chi connectivity index (χ1) is 7.38. The van der Waals surface area contributed by atoms with E-state index >= 15 is 0 Å². The van der Waals surface area contributed by atoms with Crippen LogP contribution in [-0.4, -0.2) is 11.2 Å². The van der Waals surface area contributed by atoms with Gasteiger partial charge in [-0.1, -0.05) is 72.3 Å². The van der Waals surface area contributed by atoms with E-state index in [4.69, 9.17) is 5.11 Å². The highest BCUT2D eigenvalue weighted by Gasteiger charge is 1.91. The maximum atomic E-state index is 7.33. The summed E-state index contributed by atoms with van der Waals surface area (Å²) in [5, 5.41) is 7.33. The van der Waals surface area contributed by atoms with E-state index < -0.39 is 0 Å². The molecule has 2 aromatic rings. The zero-order valence-corrected chi connectivity index (χ0v) is 9.06. The first kappa shape index (κ1) is 11.8. The van der Waals surface area contributed by atoms with E-state index in [-0.39, 0.29) is 6.07 Å². The number of hydrogen-bond acceptors (Lipinski definition) is 1. The van der Waals surface area contributed by atoms with E-state index in [1.54, 1.807) is 0 Å². The van der Waals surface area contributed by atoms with Crippen LogP contribution < -0.4 is 0 Å². The van der Waals surface area contributed by atoms with Gasteiger partial charge in [0.25, 0.3) is 0 Å². The Morgan fingerprint density at radius 1 is 0.733 bits per heavy atom. The molecule has 0 saturated carbocycles. The lowest BCUT2D eigenvalue weighted by molar-refractivity contribution is 0.370. The minimum atomic E-state index is -0.278. The van der Waals surface area contributed by atoms with Gasteiger partial charge in [-0.05, 0) is 11.1 Å². The number of benzene rings is 2. The lowest BCUT2D eigenvalue weighted by Crippen LogP contribution is -1.73. The Balaban J connectivity index is 0.000000337. The molecule has 2 aromatic carbocycles. The summed E-state index contributed by atoms with van der Waals surface area (Å²) in [6, 6.07) is 20.5. The van der Waals surface area contributed by atoms with Gasteiger partial charge in [-0.2, -0.15) is 0 Å². The van der Waals surface area contributed by atoms with Crippen molar-refractivity contribution in [1.82, 2.24) is 0 Å². The zero-order valence-electron chi connectivity index (χ0n) is 8.31. The molecular formula is C13H13ClO. The first-order valence-corrected chi connectivity index (χ1v) is 5.19. The van der Waals surface area contributed by atoms with E-state index in [9.17, 15) is 0 Å². The van der Waals surface area contributed by atoms with Gasteiger partial charge >= 0.3 is 0 Å².